The first-order chi connectivity index (χ1) is 6.24. The maximum absolute atomic E-state index is 5.71. The third-order valence-corrected chi connectivity index (χ3v) is 2.49. The zero-order valence-corrected chi connectivity index (χ0v) is 8.40. The zero-order chi connectivity index (χ0) is 9.68. The number of nitrogens with two attached hydrogens (primary N) is 1. The van der Waals surface area contributed by atoms with Crippen LogP contribution in [0.1, 0.15) is 19.4 Å². The highest BCUT2D eigenvalue weighted by molar-refractivity contribution is 5.10. The molecule has 0 aliphatic rings. The van der Waals surface area contributed by atoms with Gasteiger partial charge >= 0.3 is 0 Å². The molecule has 1 heterocycles. The molecule has 0 aliphatic heterocycles. The third-order valence-electron chi connectivity index (χ3n) is 2.49. The van der Waals surface area contributed by atoms with Gasteiger partial charge in [-0.1, -0.05) is 13.8 Å². The molecule has 0 amide bonds. The molecule has 1 rings (SSSR count). The Kier molecular flexibility index (Phi) is 3.90. The molecule has 0 saturated heterocycles. The Bertz CT molecular complexity index is 231. The molecule has 0 bridgehead atoms. The Morgan fingerprint density at radius 1 is 1.31 bits per heavy atom. The molecule has 1 aromatic heterocycles. The van der Waals surface area contributed by atoms with Crippen LogP contribution in [0.2, 0.25) is 0 Å². The maximum atomic E-state index is 5.71. The van der Waals surface area contributed by atoms with Gasteiger partial charge in [-0.3, -0.25) is 4.98 Å². The van der Waals surface area contributed by atoms with E-state index in [-0.39, 0.29) is 0 Å². The fourth-order valence-electron chi connectivity index (χ4n) is 1.41. The summed E-state index contributed by atoms with van der Waals surface area (Å²) in [6, 6.07) is 4.12. The first-order valence-corrected chi connectivity index (χ1v) is 4.83. The van der Waals surface area contributed by atoms with Crippen molar-refractivity contribution in [2.75, 3.05) is 6.54 Å². The Morgan fingerprint density at radius 2 is 1.92 bits per heavy atom. The topological polar surface area (TPSA) is 38.9 Å². The highest BCUT2D eigenvalue weighted by atomic mass is 14.6. The second kappa shape index (κ2) is 4.97. The summed E-state index contributed by atoms with van der Waals surface area (Å²) in [5, 5.41) is 0. The number of rotatable bonds is 4. The Hall–Kier alpha value is -0.890. The summed E-state index contributed by atoms with van der Waals surface area (Å²) >= 11 is 0. The molecule has 2 heteroatoms. The molecule has 0 saturated carbocycles. The highest BCUT2D eigenvalue weighted by Crippen LogP contribution is 2.15. The lowest BCUT2D eigenvalue weighted by Crippen LogP contribution is -2.22. The molecule has 0 spiro atoms. The van der Waals surface area contributed by atoms with Crippen molar-refractivity contribution < 1.29 is 0 Å². The van der Waals surface area contributed by atoms with E-state index in [1.54, 1.807) is 0 Å². The lowest BCUT2D eigenvalue weighted by atomic mass is 9.90. The smallest absolute Gasteiger partial charge is 0.0270 e. The average Bonchev–Trinajstić information content (AvgIpc) is 2.15. The van der Waals surface area contributed by atoms with Gasteiger partial charge in [-0.25, -0.2) is 0 Å². The van der Waals surface area contributed by atoms with E-state index in [0.717, 1.165) is 13.0 Å². The van der Waals surface area contributed by atoms with Crippen molar-refractivity contribution in [1.29, 1.82) is 0 Å². The second-order valence-electron chi connectivity index (χ2n) is 3.80. The molecular weight excluding hydrogens is 160 g/mol. The van der Waals surface area contributed by atoms with Gasteiger partial charge in [0, 0.05) is 12.4 Å². The minimum atomic E-state index is 0.586. The number of nitrogens with zero attached hydrogens (tertiary/aromatic N) is 1. The van der Waals surface area contributed by atoms with Gasteiger partial charge in [0.15, 0.2) is 0 Å². The monoisotopic (exact) mass is 178 g/mol. The van der Waals surface area contributed by atoms with Crippen molar-refractivity contribution in [1.82, 2.24) is 4.98 Å². The number of aromatic nitrogens is 1. The van der Waals surface area contributed by atoms with Gasteiger partial charge in [-0.15, -0.1) is 0 Å². The molecule has 1 unspecified atom stereocenters. The minimum Gasteiger partial charge on any atom is -0.330 e. The Morgan fingerprint density at radius 3 is 2.38 bits per heavy atom. The van der Waals surface area contributed by atoms with E-state index in [4.69, 9.17) is 5.73 Å². The zero-order valence-electron chi connectivity index (χ0n) is 8.40. The van der Waals surface area contributed by atoms with E-state index in [1.165, 1.54) is 5.56 Å². The standard InChI is InChI=1S/C11H18N2/c1-9(2)11(8-12)7-10-3-5-13-6-4-10/h3-6,9,11H,7-8,12H2,1-2H3. The van der Waals surface area contributed by atoms with Gasteiger partial charge in [0.25, 0.3) is 0 Å². The molecule has 0 radical (unpaired) electrons. The van der Waals surface area contributed by atoms with Gasteiger partial charge in [0.1, 0.15) is 0 Å². The van der Waals surface area contributed by atoms with Crippen LogP contribution in [-0.2, 0) is 6.42 Å². The number of pyridine rings is 1. The number of hydrogen-bond acceptors (Lipinski definition) is 2. The summed E-state index contributed by atoms with van der Waals surface area (Å²) in [5.74, 6) is 1.24. The summed E-state index contributed by atoms with van der Waals surface area (Å²) in [7, 11) is 0. The van der Waals surface area contributed by atoms with Crippen LogP contribution in [0.25, 0.3) is 0 Å². The van der Waals surface area contributed by atoms with Gasteiger partial charge < -0.3 is 5.73 Å². The summed E-state index contributed by atoms with van der Waals surface area (Å²) in [4.78, 5) is 3.99. The van der Waals surface area contributed by atoms with Gasteiger partial charge in [0.2, 0.25) is 0 Å². The summed E-state index contributed by atoms with van der Waals surface area (Å²) in [6.45, 7) is 5.21. The van der Waals surface area contributed by atoms with Crippen molar-refractivity contribution in [3.8, 4) is 0 Å². The predicted molar refractivity (Wildman–Crippen MR) is 55.3 cm³/mol. The second-order valence-corrected chi connectivity index (χ2v) is 3.80. The first-order valence-electron chi connectivity index (χ1n) is 4.83. The van der Waals surface area contributed by atoms with Crippen molar-refractivity contribution in [2.45, 2.75) is 20.3 Å². The molecule has 0 fully saturated rings. The fraction of sp³-hybridized carbons (Fsp3) is 0.545. The van der Waals surface area contributed by atoms with Crippen LogP contribution in [0, 0.1) is 11.8 Å². The van der Waals surface area contributed by atoms with Gasteiger partial charge in [0.05, 0.1) is 0 Å². The molecule has 2 nitrogen and oxygen atoms in total. The molecule has 0 aromatic carbocycles. The van der Waals surface area contributed by atoms with E-state index in [1.807, 2.05) is 12.4 Å². The van der Waals surface area contributed by atoms with Crippen molar-refractivity contribution in [3.63, 3.8) is 0 Å². The van der Waals surface area contributed by atoms with E-state index in [9.17, 15) is 0 Å². The van der Waals surface area contributed by atoms with Crippen LogP contribution >= 0.6 is 0 Å². The summed E-state index contributed by atoms with van der Waals surface area (Å²) in [5.41, 5.74) is 7.04. The van der Waals surface area contributed by atoms with E-state index in [2.05, 4.69) is 31.0 Å². The highest BCUT2D eigenvalue weighted by Gasteiger charge is 2.11. The summed E-state index contributed by atoms with van der Waals surface area (Å²) in [6.07, 6.45) is 4.74. The van der Waals surface area contributed by atoms with Crippen LogP contribution in [0.15, 0.2) is 24.5 Å². The molecule has 1 aromatic rings. The van der Waals surface area contributed by atoms with E-state index in [0.29, 0.717) is 11.8 Å². The lowest BCUT2D eigenvalue weighted by molar-refractivity contribution is 0.392. The fourth-order valence-corrected chi connectivity index (χ4v) is 1.41. The quantitative estimate of drug-likeness (QED) is 0.764. The van der Waals surface area contributed by atoms with Crippen molar-refractivity contribution >= 4 is 0 Å². The van der Waals surface area contributed by atoms with Crippen LogP contribution in [-0.4, -0.2) is 11.5 Å². The normalized spacial score (nSPS) is 13.2. The minimum absolute atomic E-state index is 0.586. The average molecular weight is 178 g/mol. The molecule has 72 valence electrons. The van der Waals surface area contributed by atoms with Crippen LogP contribution in [0.4, 0.5) is 0 Å². The molecule has 1 atom stereocenters. The largest absolute Gasteiger partial charge is 0.330 e. The van der Waals surface area contributed by atoms with Crippen LogP contribution < -0.4 is 5.73 Å². The van der Waals surface area contributed by atoms with Gasteiger partial charge in [-0.05, 0) is 42.5 Å². The predicted octanol–water partition coefficient (Wildman–Crippen LogP) is 1.85. The Balaban J connectivity index is 2.57. The Labute approximate surface area is 80.2 Å². The molecule has 2 N–H and O–H groups in total. The third kappa shape index (κ3) is 3.15. The van der Waals surface area contributed by atoms with E-state index < -0.39 is 0 Å². The van der Waals surface area contributed by atoms with E-state index >= 15 is 0 Å². The lowest BCUT2D eigenvalue weighted by Gasteiger charge is -2.18. The molecule has 0 aliphatic carbocycles. The maximum Gasteiger partial charge on any atom is 0.0270 e. The SMILES string of the molecule is CC(C)C(CN)Cc1ccncc1. The van der Waals surface area contributed by atoms with Crippen LogP contribution in [0.3, 0.4) is 0 Å². The first kappa shape index (κ1) is 10.2. The molecular formula is C11H18N2. The summed E-state index contributed by atoms with van der Waals surface area (Å²) < 4.78 is 0. The number of hydrogen-bond donors (Lipinski definition) is 1. The van der Waals surface area contributed by atoms with Crippen LogP contribution in [0.5, 0.6) is 0 Å². The van der Waals surface area contributed by atoms with Gasteiger partial charge in [-0.2, -0.15) is 0 Å². The molecule has 13 heavy (non-hydrogen) atoms. The van der Waals surface area contributed by atoms with Crippen molar-refractivity contribution in [2.24, 2.45) is 17.6 Å². The van der Waals surface area contributed by atoms with Crippen molar-refractivity contribution in [3.05, 3.63) is 30.1 Å².